The van der Waals surface area contributed by atoms with Gasteiger partial charge in [0.25, 0.3) is 0 Å². The van der Waals surface area contributed by atoms with Crippen LogP contribution in [0.2, 0.25) is 0 Å². The van der Waals surface area contributed by atoms with Gasteiger partial charge in [0, 0.05) is 0 Å². The van der Waals surface area contributed by atoms with E-state index in [1.165, 1.54) is 5.56 Å². The van der Waals surface area contributed by atoms with Gasteiger partial charge in [-0.1, -0.05) is 38.8 Å². The van der Waals surface area contributed by atoms with Crippen LogP contribution in [0.5, 0.6) is 5.75 Å². The summed E-state index contributed by atoms with van der Waals surface area (Å²) in [6, 6.07) is 8.27. The summed E-state index contributed by atoms with van der Waals surface area (Å²) in [5, 5.41) is 4.94. The number of sulfonamides is 1. The first-order valence-corrected chi connectivity index (χ1v) is 9.37. The first-order valence-electron chi connectivity index (χ1n) is 7.65. The molecule has 1 aromatic carbocycles. The molecule has 0 radical (unpaired) electrons. The lowest BCUT2D eigenvalue weighted by Crippen LogP contribution is -2.16. The van der Waals surface area contributed by atoms with Crippen molar-refractivity contribution in [2.24, 2.45) is 5.14 Å². The van der Waals surface area contributed by atoms with Gasteiger partial charge in [-0.25, -0.2) is 13.6 Å². The van der Waals surface area contributed by atoms with E-state index in [-0.39, 0.29) is 5.75 Å². The number of hydrogen-bond donors (Lipinski definition) is 1. The normalized spacial score (nSPS) is 13.1. The van der Waals surface area contributed by atoms with Crippen LogP contribution in [0.15, 0.2) is 24.3 Å². The van der Waals surface area contributed by atoms with Crippen molar-refractivity contribution in [3.05, 3.63) is 29.8 Å². The summed E-state index contributed by atoms with van der Waals surface area (Å²) in [4.78, 5) is 0. The molecule has 0 bridgehead atoms. The number of unbranched alkanes of at least 4 members (excludes halogenated alkanes) is 3. The molecule has 120 valence electrons. The molecule has 0 aliphatic rings. The van der Waals surface area contributed by atoms with Crippen molar-refractivity contribution in [1.29, 1.82) is 0 Å². The average Bonchev–Trinajstić information content (AvgIpc) is 2.45. The molecule has 1 rings (SSSR count). The monoisotopic (exact) mass is 313 g/mol. The summed E-state index contributed by atoms with van der Waals surface area (Å²) in [6.45, 7) is 5.07. The Morgan fingerprint density at radius 2 is 1.71 bits per heavy atom. The van der Waals surface area contributed by atoms with Crippen molar-refractivity contribution >= 4 is 10.0 Å². The maximum Gasteiger partial charge on any atom is 0.209 e. The number of primary sulfonamides is 1. The van der Waals surface area contributed by atoms with E-state index in [4.69, 9.17) is 9.88 Å². The Morgan fingerprint density at radius 3 is 2.29 bits per heavy atom. The molecule has 21 heavy (non-hydrogen) atoms. The van der Waals surface area contributed by atoms with Gasteiger partial charge in [0.15, 0.2) is 0 Å². The molecule has 1 atom stereocenters. The summed E-state index contributed by atoms with van der Waals surface area (Å²) < 4.78 is 27.2. The highest BCUT2D eigenvalue weighted by atomic mass is 32.2. The van der Waals surface area contributed by atoms with Crippen LogP contribution in [-0.2, 0) is 10.0 Å². The van der Waals surface area contributed by atoms with Crippen LogP contribution in [0.1, 0.15) is 57.4 Å². The van der Waals surface area contributed by atoms with Crippen LogP contribution in [-0.4, -0.2) is 20.8 Å². The molecule has 0 saturated carbocycles. The second kappa shape index (κ2) is 9.05. The Bertz CT molecular complexity index is 497. The molecular weight excluding hydrogens is 286 g/mol. The van der Waals surface area contributed by atoms with Gasteiger partial charge in [0.1, 0.15) is 5.75 Å². The lowest BCUT2D eigenvalue weighted by atomic mass is 9.99. The second-order valence-electron chi connectivity index (χ2n) is 5.51. The molecule has 0 heterocycles. The Hall–Kier alpha value is -1.07. The maximum atomic E-state index is 10.8. The molecule has 2 N–H and O–H groups in total. The standard InChI is InChI=1S/C16H27NO3S/c1-3-14(2)15-8-10-16(11-9-15)20-12-6-4-5-7-13-21(17,18)19/h8-11,14H,3-7,12-13H2,1-2H3,(H2,17,18,19). The summed E-state index contributed by atoms with van der Waals surface area (Å²) >= 11 is 0. The topological polar surface area (TPSA) is 69.4 Å². The summed E-state index contributed by atoms with van der Waals surface area (Å²) in [7, 11) is -3.30. The summed E-state index contributed by atoms with van der Waals surface area (Å²) in [5.41, 5.74) is 1.34. The van der Waals surface area contributed by atoms with E-state index in [2.05, 4.69) is 26.0 Å². The van der Waals surface area contributed by atoms with Gasteiger partial charge >= 0.3 is 0 Å². The lowest BCUT2D eigenvalue weighted by Gasteiger charge is -2.10. The predicted molar refractivity (Wildman–Crippen MR) is 87.1 cm³/mol. The summed E-state index contributed by atoms with van der Waals surface area (Å²) in [6.07, 6.45) is 4.52. The molecular formula is C16H27NO3S. The fourth-order valence-corrected chi connectivity index (χ4v) is 2.68. The SMILES string of the molecule is CCC(C)c1ccc(OCCCCCCS(N)(=O)=O)cc1. The largest absolute Gasteiger partial charge is 0.494 e. The molecule has 0 amide bonds. The van der Waals surface area contributed by atoms with Crippen molar-refractivity contribution in [2.75, 3.05) is 12.4 Å². The van der Waals surface area contributed by atoms with Crippen LogP contribution in [0.25, 0.3) is 0 Å². The zero-order valence-electron chi connectivity index (χ0n) is 13.0. The molecule has 0 saturated heterocycles. The molecule has 1 unspecified atom stereocenters. The van der Waals surface area contributed by atoms with Crippen LogP contribution in [0.3, 0.4) is 0 Å². The van der Waals surface area contributed by atoms with E-state index in [0.717, 1.165) is 31.4 Å². The first-order chi connectivity index (χ1) is 9.92. The minimum atomic E-state index is -3.30. The lowest BCUT2D eigenvalue weighted by molar-refractivity contribution is 0.305. The van der Waals surface area contributed by atoms with Gasteiger partial charge in [-0.05, 0) is 42.9 Å². The van der Waals surface area contributed by atoms with E-state index < -0.39 is 10.0 Å². The zero-order chi connectivity index (χ0) is 15.7. The Balaban J connectivity index is 2.15. The quantitative estimate of drug-likeness (QED) is 0.673. The highest BCUT2D eigenvalue weighted by Crippen LogP contribution is 2.21. The molecule has 0 aromatic heterocycles. The zero-order valence-corrected chi connectivity index (χ0v) is 13.9. The fourth-order valence-electron chi connectivity index (χ4n) is 2.08. The van der Waals surface area contributed by atoms with Crippen molar-refractivity contribution in [3.8, 4) is 5.75 Å². The first kappa shape index (κ1) is 18.0. The van der Waals surface area contributed by atoms with Gasteiger partial charge in [-0.3, -0.25) is 0 Å². The minimum Gasteiger partial charge on any atom is -0.494 e. The minimum absolute atomic E-state index is 0.0743. The van der Waals surface area contributed by atoms with Gasteiger partial charge in [-0.15, -0.1) is 0 Å². The van der Waals surface area contributed by atoms with Crippen molar-refractivity contribution in [3.63, 3.8) is 0 Å². The molecule has 4 nitrogen and oxygen atoms in total. The predicted octanol–water partition coefficient (Wildman–Crippen LogP) is 3.43. The average molecular weight is 313 g/mol. The van der Waals surface area contributed by atoms with Crippen molar-refractivity contribution < 1.29 is 13.2 Å². The Labute approximate surface area is 128 Å². The molecule has 0 spiro atoms. The third-order valence-corrected chi connectivity index (χ3v) is 4.51. The highest BCUT2D eigenvalue weighted by molar-refractivity contribution is 7.89. The van der Waals surface area contributed by atoms with E-state index in [1.54, 1.807) is 0 Å². The second-order valence-corrected chi connectivity index (χ2v) is 7.24. The van der Waals surface area contributed by atoms with Crippen molar-refractivity contribution in [2.45, 2.75) is 51.9 Å². The van der Waals surface area contributed by atoms with Crippen LogP contribution < -0.4 is 9.88 Å². The molecule has 0 aliphatic heterocycles. The smallest absolute Gasteiger partial charge is 0.209 e. The van der Waals surface area contributed by atoms with Crippen molar-refractivity contribution in [1.82, 2.24) is 0 Å². The molecule has 1 aromatic rings. The molecule has 0 aliphatic carbocycles. The maximum absolute atomic E-state index is 10.8. The van der Waals surface area contributed by atoms with Crippen LogP contribution in [0.4, 0.5) is 0 Å². The van der Waals surface area contributed by atoms with E-state index in [0.29, 0.717) is 18.9 Å². The Morgan fingerprint density at radius 1 is 1.10 bits per heavy atom. The van der Waals surface area contributed by atoms with E-state index in [9.17, 15) is 8.42 Å². The molecule has 0 fully saturated rings. The number of rotatable bonds is 10. The van der Waals surface area contributed by atoms with Gasteiger partial charge in [0.05, 0.1) is 12.4 Å². The third-order valence-electron chi connectivity index (χ3n) is 3.65. The number of ether oxygens (including phenoxy) is 1. The summed E-state index contributed by atoms with van der Waals surface area (Å²) in [5.74, 6) is 1.55. The number of nitrogens with two attached hydrogens (primary N) is 1. The van der Waals surface area contributed by atoms with Gasteiger partial charge in [0.2, 0.25) is 10.0 Å². The van der Waals surface area contributed by atoms with Gasteiger partial charge < -0.3 is 4.74 Å². The Kier molecular flexibility index (Phi) is 7.75. The van der Waals surface area contributed by atoms with Crippen LogP contribution in [0, 0.1) is 0 Å². The van der Waals surface area contributed by atoms with E-state index >= 15 is 0 Å². The number of hydrogen-bond acceptors (Lipinski definition) is 3. The number of benzene rings is 1. The molecule has 5 heteroatoms. The fraction of sp³-hybridized carbons (Fsp3) is 0.625. The highest BCUT2D eigenvalue weighted by Gasteiger charge is 2.03. The third kappa shape index (κ3) is 8.07. The van der Waals surface area contributed by atoms with E-state index in [1.807, 2.05) is 12.1 Å². The van der Waals surface area contributed by atoms with Gasteiger partial charge in [-0.2, -0.15) is 0 Å². The van der Waals surface area contributed by atoms with Crippen LogP contribution >= 0.6 is 0 Å².